The molecule has 0 heterocycles. The average molecular weight is 350 g/mol. The molecule has 2 aromatic carbocycles. The van der Waals surface area contributed by atoms with E-state index in [0.717, 1.165) is 5.56 Å². The van der Waals surface area contributed by atoms with Crippen molar-refractivity contribution in [2.45, 2.75) is 13.5 Å². The molecule has 0 radical (unpaired) electrons. The first-order valence-electron chi connectivity index (χ1n) is 8.31. The normalized spacial score (nSPS) is 10.8. The van der Waals surface area contributed by atoms with Gasteiger partial charge in [0.25, 0.3) is 5.91 Å². The lowest BCUT2D eigenvalue weighted by molar-refractivity contribution is -0.125. The molecule has 0 aromatic heterocycles. The SMILES string of the molecule is CCOc1ccc(/C=C(\C#N)C(=O)N(C)Cc2ccccc2)cc1OC. The number of likely N-dealkylation sites (N-methyl/N-ethyl adjacent to an activating group) is 1. The highest BCUT2D eigenvalue weighted by atomic mass is 16.5. The van der Waals surface area contributed by atoms with Crippen molar-refractivity contribution in [1.82, 2.24) is 4.90 Å². The van der Waals surface area contributed by atoms with Crippen molar-refractivity contribution < 1.29 is 14.3 Å². The minimum atomic E-state index is -0.329. The van der Waals surface area contributed by atoms with Crippen LogP contribution in [0.5, 0.6) is 11.5 Å². The molecule has 0 aliphatic rings. The number of hydrogen-bond acceptors (Lipinski definition) is 4. The summed E-state index contributed by atoms with van der Waals surface area (Å²) in [5.74, 6) is 0.852. The van der Waals surface area contributed by atoms with Crippen molar-refractivity contribution in [2.24, 2.45) is 0 Å². The van der Waals surface area contributed by atoms with Crippen LogP contribution in [-0.4, -0.2) is 31.6 Å². The number of carbonyl (C=O) groups is 1. The number of methoxy groups -OCH3 is 1. The maximum absolute atomic E-state index is 12.6. The van der Waals surface area contributed by atoms with Crippen LogP contribution in [0.4, 0.5) is 0 Å². The van der Waals surface area contributed by atoms with E-state index in [1.54, 1.807) is 38.4 Å². The molecule has 0 fully saturated rings. The van der Waals surface area contributed by atoms with E-state index in [-0.39, 0.29) is 11.5 Å². The molecular weight excluding hydrogens is 328 g/mol. The average Bonchev–Trinajstić information content (AvgIpc) is 2.67. The monoisotopic (exact) mass is 350 g/mol. The highest BCUT2D eigenvalue weighted by molar-refractivity contribution is 6.01. The van der Waals surface area contributed by atoms with Gasteiger partial charge in [0.1, 0.15) is 11.6 Å². The lowest BCUT2D eigenvalue weighted by Crippen LogP contribution is -2.27. The summed E-state index contributed by atoms with van der Waals surface area (Å²) in [6.45, 7) is 2.85. The van der Waals surface area contributed by atoms with Crippen LogP contribution >= 0.6 is 0 Å². The molecule has 5 heteroatoms. The second-order valence-corrected chi connectivity index (χ2v) is 5.66. The standard InChI is InChI=1S/C21H22N2O3/c1-4-26-19-11-10-17(13-20(19)25-3)12-18(14-22)21(24)23(2)15-16-8-6-5-7-9-16/h5-13H,4,15H2,1-3H3/b18-12+. The maximum Gasteiger partial charge on any atom is 0.264 e. The smallest absolute Gasteiger partial charge is 0.264 e. The lowest BCUT2D eigenvalue weighted by atomic mass is 10.1. The van der Waals surface area contributed by atoms with Gasteiger partial charge in [0.2, 0.25) is 0 Å². The van der Waals surface area contributed by atoms with E-state index in [1.165, 1.54) is 4.90 Å². The van der Waals surface area contributed by atoms with Gasteiger partial charge in [-0.25, -0.2) is 0 Å². The number of hydrogen-bond donors (Lipinski definition) is 0. The van der Waals surface area contributed by atoms with Crippen molar-refractivity contribution >= 4 is 12.0 Å². The first-order chi connectivity index (χ1) is 12.6. The van der Waals surface area contributed by atoms with Crippen molar-refractivity contribution in [1.29, 1.82) is 5.26 Å². The minimum absolute atomic E-state index is 0.0645. The summed E-state index contributed by atoms with van der Waals surface area (Å²) in [6, 6.07) is 16.9. The van der Waals surface area contributed by atoms with Gasteiger partial charge >= 0.3 is 0 Å². The zero-order valence-corrected chi connectivity index (χ0v) is 15.2. The number of rotatable bonds is 7. The van der Waals surface area contributed by atoms with Gasteiger partial charge in [0.15, 0.2) is 11.5 Å². The molecule has 0 spiro atoms. The van der Waals surface area contributed by atoms with Crippen LogP contribution in [0.15, 0.2) is 54.1 Å². The Kier molecular flexibility index (Phi) is 6.81. The van der Waals surface area contributed by atoms with Gasteiger partial charge in [-0.1, -0.05) is 36.4 Å². The van der Waals surface area contributed by atoms with E-state index < -0.39 is 0 Å². The summed E-state index contributed by atoms with van der Waals surface area (Å²) >= 11 is 0. The van der Waals surface area contributed by atoms with Crippen LogP contribution in [0, 0.1) is 11.3 Å². The molecule has 26 heavy (non-hydrogen) atoms. The second kappa shape index (κ2) is 9.28. The number of ether oxygens (including phenoxy) is 2. The second-order valence-electron chi connectivity index (χ2n) is 5.66. The van der Waals surface area contributed by atoms with E-state index in [1.807, 2.05) is 43.3 Å². The van der Waals surface area contributed by atoms with Crippen molar-refractivity contribution in [3.05, 3.63) is 65.2 Å². The molecule has 0 unspecified atom stereocenters. The Hall–Kier alpha value is -3.26. The van der Waals surface area contributed by atoms with Crippen LogP contribution < -0.4 is 9.47 Å². The van der Waals surface area contributed by atoms with E-state index >= 15 is 0 Å². The zero-order valence-electron chi connectivity index (χ0n) is 15.2. The van der Waals surface area contributed by atoms with Crippen LogP contribution in [0.3, 0.4) is 0 Å². The van der Waals surface area contributed by atoms with Gasteiger partial charge in [-0.3, -0.25) is 4.79 Å². The molecule has 0 saturated carbocycles. The molecule has 2 aromatic rings. The van der Waals surface area contributed by atoms with Gasteiger partial charge in [0, 0.05) is 13.6 Å². The summed E-state index contributed by atoms with van der Waals surface area (Å²) < 4.78 is 10.8. The van der Waals surface area contributed by atoms with Crippen LogP contribution in [0.25, 0.3) is 6.08 Å². The van der Waals surface area contributed by atoms with Gasteiger partial charge < -0.3 is 14.4 Å². The summed E-state index contributed by atoms with van der Waals surface area (Å²) in [5.41, 5.74) is 1.77. The number of nitrogens with zero attached hydrogens (tertiary/aromatic N) is 2. The fourth-order valence-electron chi connectivity index (χ4n) is 2.49. The maximum atomic E-state index is 12.6. The summed E-state index contributed by atoms with van der Waals surface area (Å²) in [6.07, 6.45) is 1.56. The van der Waals surface area contributed by atoms with Crippen molar-refractivity contribution in [3.63, 3.8) is 0 Å². The number of carbonyl (C=O) groups excluding carboxylic acids is 1. The summed E-state index contributed by atoms with van der Waals surface area (Å²) in [7, 11) is 3.23. The van der Waals surface area contributed by atoms with E-state index in [2.05, 4.69) is 0 Å². The van der Waals surface area contributed by atoms with Crippen molar-refractivity contribution in [3.8, 4) is 17.6 Å². The van der Waals surface area contributed by atoms with Crippen LogP contribution in [0.1, 0.15) is 18.1 Å². The predicted octanol–water partition coefficient (Wildman–Crippen LogP) is 3.66. The van der Waals surface area contributed by atoms with Gasteiger partial charge in [-0.2, -0.15) is 5.26 Å². The molecule has 0 aliphatic heterocycles. The lowest BCUT2D eigenvalue weighted by Gasteiger charge is -2.16. The summed E-state index contributed by atoms with van der Waals surface area (Å²) in [4.78, 5) is 14.1. The van der Waals surface area contributed by atoms with Gasteiger partial charge in [0.05, 0.1) is 13.7 Å². The third kappa shape index (κ3) is 4.87. The molecule has 2 rings (SSSR count). The Morgan fingerprint density at radius 1 is 1.19 bits per heavy atom. The molecule has 1 amide bonds. The molecule has 134 valence electrons. The topological polar surface area (TPSA) is 62.6 Å². The minimum Gasteiger partial charge on any atom is -0.493 e. The first-order valence-corrected chi connectivity index (χ1v) is 8.31. The van der Waals surface area contributed by atoms with Gasteiger partial charge in [-0.05, 0) is 36.3 Å². The highest BCUT2D eigenvalue weighted by Gasteiger charge is 2.15. The number of nitriles is 1. The quantitative estimate of drug-likeness (QED) is 0.565. The summed E-state index contributed by atoms with van der Waals surface area (Å²) in [5, 5.41) is 9.42. The Bertz CT molecular complexity index is 823. The Labute approximate surface area is 154 Å². The van der Waals surface area contributed by atoms with Gasteiger partial charge in [-0.15, -0.1) is 0 Å². The number of benzene rings is 2. The van der Waals surface area contributed by atoms with E-state index in [0.29, 0.717) is 30.2 Å². The van der Waals surface area contributed by atoms with E-state index in [4.69, 9.17) is 9.47 Å². The fraction of sp³-hybridized carbons (Fsp3) is 0.238. The Morgan fingerprint density at radius 2 is 1.92 bits per heavy atom. The molecule has 0 aliphatic carbocycles. The molecule has 0 atom stereocenters. The van der Waals surface area contributed by atoms with Crippen LogP contribution in [0.2, 0.25) is 0 Å². The zero-order chi connectivity index (χ0) is 18.9. The molecule has 0 saturated heterocycles. The molecule has 0 N–H and O–H groups in total. The van der Waals surface area contributed by atoms with Crippen molar-refractivity contribution in [2.75, 3.05) is 20.8 Å². The van der Waals surface area contributed by atoms with E-state index in [9.17, 15) is 10.1 Å². The largest absolute Gasteiger partial charge is 0.493 e. The molecule has 0 bridgehead atoms. The van der Waals surface area contributed by atoms with Crippen LogP contribution in [-0.2, 0) is 11.3 Å². The Balaban J connectivity index is 2.21. The third-order valence-corrected chi connectivity index (χ3v) is 3.76. The molecular formula is C21H22N2O3. The fourth-order valence-corrected chi connectivity index (χ4v) is 2.49. The Morgan fingerprint density at radius 3 is 2.54 bits per heavy atom. The third-order valence-electron chi connectivity index (χ3n) is 3.76. The molecule has 5 nitrogen and oxygen atoms in total. The first kappa shape index (κ1) is 19.1. The number of amides is 1. The predicted molar refractivity (Wildman–Crippen MR) is 101 cm³/mol. The highest BCUT2D eigenvalue weighted by Crippen LogP contribution is 2.29.